The van der Waals surface area contributed by atoms with E-state index >= 15 is 0 Å². The van der Waals surface area contributed by atoms with E-state index in [1.807, 2.05) is 13.8 Å². The van der Waals surface area contributed by atoms with Crippen LogP contribution in [0.4, 0.5) is 0 Å². The zero-order valence-corrected chi connectivity index (χ0v) is 19.7. The highest BCUT2D eigenvalue weighted by atomic mass is 79.9. The quantitative estimate of drug-likeness (QED) is 0.360. The molecule has 0 saturated heterocycles. The van der Waals surface area contributed by atoms with Crippen LogP contribution in [-0.4, -0.2) is 56.4 Å². The van der Waals surface area contributed by atoms with E-state index in [1.54, 1.807) is 36.4 Å². The van der Waals surface area contributed by atoms with Gasteiger partial charge in [0.2, 0.25) is 11.6 Å². The third kappa shape index (κ3) is 6.29. The lowest BCUT2D eigenvalue weighted by molar-refractivity contribution is -0.152. The van der Waals surface area contributed by atoms with Crippen molar-refractivity contribution in [1.82, 2.24) is 0 Å². The Morgan fingerprint density at radius 3 is 1.37 bits per heavy atom. The van der Waals surface area contributed by atoms with Crippen molar-refractivity contribution < 1.29 is 30.0 Å². The summed E-state index contributed by atoms with van der Waals surface area (Å²) in [6.07, 6.45) is -7.16. The third-order valence-corrected chi connectivity index (χ3v) is 6.62. The molecule has 0 saturated carbocycles. The van der Waals surface area contributed by atoms with Crippen LogP contribution in [0.15, 0.2) is 45.3 Å². The van der Waals surface area contributed by atoms with Crippen molar-refractivity contribution in [1.29, 1.82) is 0 Å². The number of ketones is 2. The highest BCUT2D eigenvalue weighted by Crippen LogP contribution is 2.20. The summed E-state index contributed by atoms with van der Waals surface area (Å²) in [6, 6.07) is 10.6. The summed E-state index contributed by atoms with van der Waals surface area (Å²) in [4.78, 5) is 24.5. The van der Waals surface area contributed by atoms with Crippen molar-refractivity contribution in [2.75, 3.05) is 0 Å². The van der Waals surface area contributed by atoms with Crippen molar-refractivity contribution in [3.63, 3.8) is 0 Å². The number of hydrogen-bond donors (Lipinski definition) is 4. The van der Waals surface area contributed by atoms with Crippen molar-refractivity contribution in [3.05, 3.63) is 67.6 Å². The van der Waals surface area contributed by atoms with E-state index < -0.39 is 36.0 Å². The summed E-state index contributed by atoms with van der Waals surface area (Å²) in [5.74, 6) is -2.68. The molecule has 4 N–H and O–H groups in total. The van der Waals surface area contributed by atoms with Gasteiger partial charge in [-0.3, -0.25) is 9.59 Å². The third-order valence-electron chi connectivity index (χ3n) is 4.84. The molecule has 0 heterocycles. The summed E-state index contributed by atoms with van der Waals surface area (Å²) in [6.45, 7) is 3.71. The standard InChI is InChI=1S/C22H24Br2O6/c1-11-7-13(3-5-15(11)23)9-17(25)19(27)21(29)22(30)20(28)18(26)10-14-4-6-16(24)12(2)8-14/h3-8,17-20,25-28H,9-10H2,1-2H3/t17?,18?,19-,20+. The SMILES string of the molecule is Cc1cc(CC(O)[C@H](O)C(=O)C(=O)[C@H](O)C(O)Cc2ccc(Br)c(C)c2)ccc1Br. The summed E-state index contributed by atoms with van der Waals surface area (Å²) in [7, 11) is 0. The van der Waals surface area contributed by atoms with Crippen LogP contribution in [0.25, 0.3) is 0 Å². The summed E-state index contributed by atoms with van der Waals surface area (Å²) < 4.78 is 1.76. The Labute approximate surface area is 191 Å². The highest BCUT2D eigenvalue weighted by molar-refractivity contribution is 9.10. The molecule has 0 aliphatic heterocycles. The van der Waals surface area contributed by atoms with E-state index in [4.69, 9.17) is 0 Å². The topological polar surface area (TPSA) is 115 Å². The van der Waals surface area contributed by atoms with Crippen molar-refractivity contribution >= 4 is 43.4 Å². The fraction of sp³-hybridized carbons (Fsp3) is 0.364. The number of rotatable bonds is 9. The summed E-state index contributed by atoms with van der Waals surface area (Å²) in [5.41, 5.74) is 3.18. The molecule has 2 aromatic carbocycles. The van der Waals surface area contributed by atoms with Crippen LogP contribution in [0, 0.1) is 13.8 Å². The smallest absolute Gasteiger partial charge is 0.232 e. The second kappa shape index (κ2) is 10.7. The molecule has 162 valence electrons. The van der Waals surface area contributed by atoms with Gasteiger partial charge in [0.05, 0.1) is 12.2 Å². The second-order valence-electron chi connectivity index (χ2n) is 7.33. The van der Waals surface area contributed by atoms with Gasteiger partial charge in [0, 0.05) is 21.8 Å². The van der Waals surface area contributed by atoms with Crippen LogP contribution in [0.3, 0.4) is 0 Å². The number of aliphatic hydroxyl groups excluding tert-OH is 4. The first-order valence-electron chi connectivity index (χ1n) is 9.31. The van der Waals surface area contributed by atoms with Crippen LogP contribution < -0.4 is 0 Å². The molecule has 0 amide bonds. The van der Waals surface area contributed by atoms with E-state index in [1.165, 1.54) is 0 Å². The van der Waals surface area contributed by atoms with Gasteiger partial charge in [-0.15, -0.1) is 0 Å². The average Bonchev–Trinajstić information content (AvgIpc) is 2.71. The van der Waals surface area contributed by atoms with E-state index in [0.717, 1.165) is 20.1 Å². The minimum absolute atomic E-state index is 0.0505. The molecule has 8 heteroatoms. The van der Waals surface area contributed by atoms with Gasteiger partial charge in [-0.25, -0.2) is 0 Å². The lowest BCUT2D eigenvalue weighted by Crippen LogP contribution is -2.47. The Hall–Kier alpha value is -1.42. The van der Waals surface area contributed by atoms with Crippen LogP contribution in [0.5, 0.6) is 0 Å². The van der Waals surface area contributed by atoms with Gasteiger partial charge in [-0.1, -0.05) is 56.1 Å². The Morgan fingerprint density at radius 1 is 0.733 bits per heavy atom. The predicted molar refractivity (Wildman–Crippen MR) is 119 cm³/mol. The van der Waals surface area contributed by atoms with Crippen LogP contribution >= 0.6 is 31.9 Å². The Balaban J connectivity index is 2.00. The number of aryl methyl sites for hydroxylation is 2. The molecule has 2 rings (SSSR count). The van der Waals surface area contributed by atoms with Gasteiger partial charge >= 0.3 is 0 Å². The lowest BCUT2D eigenvalue weighted by Gasteiger charge is -2.20. The van der Waals surface area contributed by atoms with Crippen LogP contribution in [-0.2, 0) is 22.4 Å². The van der Waals surface area contributed by atoms with Gasteiger partial charge < -0.3 is 20.4 Å². The second-order valence-corrected chi connectivity index (χ2v) is 9.04. The number of benzene rings is 2. The Kier molecular flexibility index (Phi) is 8.90. The monoisotopic (exact) mass is 542 g/mol. The molecule has 0 aliphatic carbocycles. The molecule has 0 bridgehead atoms. The molecule has 2 aromatic rings. The summed E-state index contributed by atoms with van der Waals surface area (Å²) >= 11 is 6.73. The predicted octanol–water partition coefficient (Wildman–Crippen LogP) is 2.20. The van der Waals surface area contributed by atoms with Gasteiger partial charge in [0.1, 0.15) is 12.2 Å². The van der Waals surface area contributed by atoms with Crippen molar-refractivity contribution in [3.8, 4) is 0 Å². The number of aliphatic hydroxyl groups is 4. The molecule has 0 aliphatic rings. The molecule has 0 radical (unpaired) electrons. The zero-order chi connectivity index (χ0) is 22.6. The number of Topliss-reactive ketones (excluding diaryl/α,β-unsaturated/α-hetero) is 2. The van der Waals surface area contributed by atoms with Crippen LogP contribution in [0.2, 0.25) is 0 Å². The first-order chi connectivity index (χ1) is 14.0. The first kappa shape index (κ1) is 24.8. The maximum absolute atomic E-state index is 12.2. The lowest BCUT2D eigenvalue weighted by atomic mass is 9.94. The van der Waals surface area contributed by atoms with Gasteiger partial charge in [-0.2, -0.15) is 0 Å². The number of halogens is 2. The van der Waals surface area contributed by atoms with E-state index in [9.17, 15) is 30.0 Å². The first-order valence-corrected chi connectivity index (χ1v) is 10.9. The van der Waals surface area contributed by atoms with Crippen molar-refractivity contribution in [2.45, 2.75) is 51.1 Å². The molecule has 6 nitrogen and oxygen atoms in total. The Morgan fingerprint density at radius 2 is 1.07 bits per heavy atom. The minimum atomic E-state index is -2.00. The molecule has 0 fully saturated rings. The minimum Gasteiger partial charge on any atom is -0.390 e. The van der Waals surface area contributed by atoms with E-state index in [-0.39, 0.29) is 12.8 Å². The van der Waals surface area contributed by atoms with Gasteiger partial charge in [-0.05, 0) is 48.2 Å². The molecule has 0 spiro atoms. The summed E-state index contributed by atoms with van der Waals surface area (Å²) in [5, 5.41) is 40.6. The van der Waals surface area contributed by atoms with Crippen LogP contribution in [0.1, 0.15) is 22.3 Å². The van der Waals surface area contributed by atoms with E-state index in [0.29, 0.717) is 11.1 Å². The molecule has 2 unspecified atom stereocenters. The largest absolute Gasteiger partial charge is 0.390 e. The molecule has 30 heavy (non-hydrogen) atoms. The molecular formula is C22H24Br2O6. The number of carbonyl (C=O) groups excluding carboxylic acids is 2. The fourth-order valence-corrected chi connectivity index (χ4v) is 3.51. The number of carbonyl (C=O) groups is 2. The molecule has 4 atom stereocenters. The molecule has 0 aromatic heterocycles. The van der Waals surface area contributed by atoms with Gasteiger partial charge in [0.15, 0.2) is 0 Å². The fourth-order valence-electron chi connectivity index (χ4n) is 3.01. The normalized spacial score (nSPS) is 15.3. The highest BCUT2D eigenvalue weighted by Gasteiger charge is 2.36. The van der Waals surface area contributed by atoms with Crippen molar-refractivity contribution in [2.24, 2.45) is 0 Å². The van der Waals surface area contributed by atoms with Gasteiger partial charge in [0.25, 0.3) is 0 Å². The Bertz CT molecular complexity index is 854. The zero-order valence-electron chi connectivity index (χ0n) is 16.5. The number of hydrogen-bond acceptors (Lipinski definition) is 6. The van der Waals surface area contributed by atoms with E-state index in [2.05, 4.69) is 31.9 Å². The average molecular weight is 544 g/mol. The molecular weight excluding hydrogens is 520 g/mol. The maximum atomic E-state index is 12.2. The maximum Gasteiger partial charge on any atom is 0.232 e.